The van der Waals surface area contributed by atoms with Crippen LogP contribution in [0, 0.1) is 6.92 Å². The van der Waals surface area contributed by atoms with E-state index in [-0.39, 0.29) is 22.4 Å². The van der Waals surface area contributed by atoms with Crippen molar-refractivity contribution in [2.75, 3.05) is 17.8 Å². The predicted octanol–water partition coefficient (Wildman–Crippen LogP) is 4.47. The minimum absolute atomic E-state index is 0.0419. The molecule has 0 unspecified atom stereocenters. The van der Waals surface area contributed by atoms with E-state index in [4.69, 9.17) is 11.6 Å². The lowest BCUT2D eigenvalue weighted by atomic mass is 10.2. The molecule has 2 heterocycles. The highest BCUT2D eigenvalue weighted by atomic mass is 35.5. The molecule has 1 amide bonds. The molecular formula is C20H22ClN3O3S2. The number of carbonyl (C=O) groups excluding carboxylic acids is 1. The summed E-state index contributed by atoms with van der Waals surface area (Å²) >= 11 is 7.23. The topological polar surface area (TPSA) is 79.4 Å². The predicted molar refractivity (Wildman–Crippen MR) is 118 cm³/mol. The molecule has 0 saturated heterocycles. The van der Waals surface area contributed by atoms with E-state index in [1.54, 1.807) is 42.2 Å². The number of fused-ring (bicyclic) bond motifs is 1. The summed E-state index contributed by atoms with van der Waals surface area (Å²) in [5, 5.41) is 1.37. The number of halogens is 1. The van der Waals surface area contributed by atoms with E-state index >= 15 is 0 Å². The fourth-order valence-corrected chi connectivity index (χ4v) is 6.01. The van der Waals surface area contributed by atoms with Gasteiger partial charge in [-0.15, -0.1) is 11.3 Å². The Kier molecular flexibility index (Phi) is 6.45. The number of anilines is 1. The first-order valence-corrected chi connectivity index (χ1v) is 11.9. The zero-order chi connectivity index (χ0) is 21.2. The molecule has 6 nitrogen and oxygen atoms in total. The van der Waals surface area contributed by atoms with Gasteiger partial charge in [-0.3, -0.25) is 9.52 Å². The highest BCUT2D eigenvalue weighted by Gasteiger charge is 2.23. The molecule has 1 N–H and O–H groups in total. The Morgan fingerprint density at radius 2 is 1.93 bits per heavy atom. The number of sulfonamides is 1. The van der Waals surface area contributed by atoms with Gasteiger partial charge >= 0.3 is 0 Å². The summed E-state index contributed by atoms with van der Waals surface area (Å²) in [5.41, 5.74) is 1.16. The minimum atomic E-state index is -3.82. The molecule has 0 bridgehead atoms. The molecule has 0 aliphatic rings. The molecule has 2 aromatic heterocycles. The lowest BCUT2D eigenvalue weighted by molar-refractivity contribution is -0.130. The molecule has 0 radical (unpaired) electrons. The van der Waals surface area contributed by atoms with Crippen molar-refractivity contribution in [3.63, 3.8) is 0 Å². The van der Waals surface area contributed by atoms with Gasteiger partial charge in [0.15, 0.2) is 0 Å². The fraction of sp³-hybridized carbons (Fsp3) is 0.300. The summed E-state index contributed by atoms with van der Waals surface area (Å²) in [5.74, 6) is 0.143. The van der Waals surface area contributed by atoms with Crippen molar-refractivity contribution in [2.24, 2.45) is 0 Å². The number of likely N-dealkylation sites (N-methyl/N-ethyl adjacent to an activating group) is 1. The highest BCUT2D eigenvalue weighted by Crippen LogP contribution is 2.36. The second-order valence-electron chi connectivity index (χ2n) is 6.52. The van der Waals surface area contributed by atoms with Crippen molar-refractivity contribution in [1.29, 1.82) is 0 Å². The normalized spacial score (nSPS) is 11.6. The van der Waals surface area contributed by atoms with E-state index in [0.717, 1.165) is 10.1 Å². The Morgan fingerprint density at radius 3 is 2.62 bits per heavy atom. The average Bonchev–Trinajstić information content (AvgIpc) is 3.00. The fourth-order valence-electron chi connectivity index (χ4n) is 3.09. The van der Waals surface area contributed by atoms with Crippen molar-refractivity contribution in [2.45, 2.75) is 31.4 Å². The molecule has 0 fully saturated rings. The third kappa shape index (κ3) is 4.71. The van der Waals surface area contributed by atoms with E-state index < -0.39 is 10.0 Å². The Bertz CT molecular complexity index is 1150. The van der Waals surface area contributed by atoms with Gasteiger partial charge in [0.25, 0.3) is 10.0 Å². The molecule has 0 spiro atoms. The Labute approximate surface area is 179 Å². The van der Waals surface area contributed by atoms with Crippen LogP contribution in [0.3, 0.4) is 0 Å². The van der Waals surface area contributed by atoms with E-state index in [1.165, 1.54) is 11.3 Å². The number of nitrogens with zero attached hydrogens (tertiary/aromatic N) is 2. The number of aryl methyl sites for hydroxylation is 1. The van der Waals surface area contributed by atoms with Gasteiger partial charge in [-0.25, -0.2) is 13.4 Å². The van der Waals surface area contributed by atoms with Crippen LogP contribution in [0.15, 0.2) is 40.6 Å². The van der Waals surface area contributed by atoms with E-state index in [2.05, 4.69) is 9.71 Å². The van der Waals surface area contributed by atoms with Gasteiger partial charge in [-0.05, 0) is 62.1 Å². The Morgan fingerprint density at radius 1 is 1.21 bits per heavy atom. The number of thiophene rings is 1. The number of nitrogens with one attached hydrogen (secondary N) is 1. The van der Waals surface area contributed by atoms with Crippen LogP contribution in [0.25, 0.3) is 10.1 Å². The number of amides is 1. The molecule has 154 valence electrons. The van der Waals surface area contributed by atoms with E-state index in [1.807, 2.05) is 19.9 Å². The van der Waals surface area contributed by atoms with Gasteiger partial charge in [0.05, 0.1) is 12.1 Å². The lowest BCUT2D eigenvalue weighted by Crippen LogP contribution is -2.32. The largest absolute Gasteiger partial charge is 0.343 e. The quantitative estimate of drug-likeness (QED) is 0.574. The number of aromatic nitrogens is 1. The molecule has 29 heavy (non-hydrogen) atoms. The van der Waals surface area contributed by atoms with E-state index in [0.29, 0.717) is 29.4 Å². The van der Waals surface area contributed by atoms with Crippen LogP contribution < -0.4 is 4.72 Å². The van der Waals surface area contributed by atoms with Crippen LogP contribution in [-0.4, -0.2) is 37.3 Å². The maximum atomic E-state index is 13.0. The first kappa shape index (κ1) is 21.5. The first-order valence-electron chi connectivity index (χ1n) is 9.20. The Balaban J connectivity index is 1.86. The number of rotatable bonds is 7. The zero-order valence-corrected chi connectivity index (χ0v) is 18.8. The standard InChI is InChI=1S/C20H22ClN3O3S2/c1-4-24(5-2)19(25)12-15-7-6-8-18(22-15)23-29(26,27)20-13(3)16-11-14(21)9-10-17(16)28-20/h6-11H,4-5,12H2,1-3H3,(H,22,23). The van der Waals surface area contributed by atoms with Crippen LogP contribution in [0.5, 0.6) is 0 Å². The van der Waals surface area contributed by atoms with Crippen LogP contribution >= 0.6 is 22.9 Å². The number of carbonyl (C=O) groups is 1. The molecule has 0 saturated carbocycles. The van der Waals surface area contributed by atoms with Gasteiger partial charge in [-0.1, -0.05) is 17.7 Å². The zero-order valence-electron chi connectivity index (χ0n) is 16.4. The average molecular weight is 452 g/mol. The maximum Gasteiger partial charge on any atom is 0.272 e. The molecular weight excluding hydrogens is 430 g/mol. The van der Waals surface area contributed by atoms with Crippen LogP contribution in [0.2, 0.25) is 5.02 Å². The molecule has 9 heteroatoms. The highest BCUT2D eigenvalue weighted by molar-refractivity contribution is 7.94. The molecule has 0 atom stereocenters. The van der Waals surface area contributed by atoms with Crippen molar-refractivity contribution in [3.8, 4) is 0 Å². The van der Waals surface area contributed by atoms with Crippen molar-refractivity contribution in [1.82, 2.24) is 9.88 Å². The third-order valence-corrected chi connectivity index (χ3v) is 8.08. The number of hydrogen-bond acceptors (Lipinski definition) is 5. The van der Waals surface area contributed by atoms with Crippen LogP contribution in [0.1, 0.15) is 25.1 Å². The van der Waals surface area contributed by atoms with Gasteiger partial charge in [0.1, 0.15) is 10.0 Å². The number of pyridine rings is 1. The van der Waals surface area contributed by atoms with Gasteiger partial charge in [0, 0.05) is 22.8 Å². The second kappa shape index (κ2) is 8.69. The summed E-state index contributed by atoms with van der Waals surface area (Å²) in [6.45, 7) is 6.84. The smallest absolute Gasteiger partial charge is 0.272 e. The van der Waals surface area contributed by atoms with Crippen LogP contribution in [-0.2, 0) is 21.2 Å². The number of hydrogen-bond donors (Lipinski definition) is 1. The SMILES string of the molecule is CCN(CC)C(=O)Cc1cccc(NS(=O)(=O)c2sc3ccc(Cl)cc3c2C)n1. The first-order chi connectivity index (χ1) is 13.7. The van der Waals surface area contributed by atoms with Gasteiger partial charge in [0.2, 0.25) is 5.91 Å². The maximum absolute atomic E-state index is 13.0. The third-order valence-electron chi connectivity index (χ3n) is 4.59. The second-order valence-corrected chi connectivity index (χ2v) is 9.88. The summed E-state index contributed by atoms with van der Waals surface area (Å²) < 4.78 is 29.5. The summed E-state index contributed by atoms with van der Waals surface area (Å²) in [7, 11) is -3.82. The van der Waals surface area contributed by atoms with Gasteiger partial charge in [-0.2, -0.15) is 0 Å². The van der Waals surface area contributed by atoms with Crippen molar-refractivity contribution >= 4 is 54.8 Å². The summed E-state index contributed by atoms with van der Waals surface area (Å²) in [6.07, 6.45) is 0.123. The Hall–Kier alpha value is -2.16. The van der Waals surface area contributed by atoms with Crippen molar-refractivity contribution < 1.29 is 13.2 Å². The number of benzene rings is 1. The molecule has 1 aromatic carbocycles. The van der Waals surface area contributed by atoms with Gasteiger partial charge < -0.3 is 4.90 Å². The van der Waals surface area contributed by atoms with Crippen LogP contribution in [0.4, 0.5) is 5.82 Å². The molecule has 3 aromatic rings. The minimum Gasteiger partial charge on any atom is -0.343 e. The molecule has 0 aliphatic carbocycles. The monoisotopic (exact) mass is 451 g/mol. The summed E-state index contributed by atoms with van der Waals surface area (Å²) in [6, 6.07) is 10.3. The summed E-state index contributed by atoms with van der Waals surface area (Å²) in [4.78, 5) is 18.3. The molecule has 3 rings (SSSR count). The molecule has 0 aliphatic heterocycles. The van der Waals surface area contributed by atoms with E-state index in [9.17, 15) is 13.2 Å². The lowest BCUT2D eigenvalue weighted by Gasteiger charge is -2.18. The van der Waals surface area contributed by atoms with Crippen molar-refractivity contribution in [3.05, 3.63) is 52.7 Å².